The molecule has 0 radical (unpaired) electrons. The summed E-state index contributed by atoms with van der Waals surface area (Å²) >= 11 is 0. The molecule has 0 aromatic rings. The van der Waals surface area contributed by atoms with Crippen LogP contribution in [-0.2, 0) is 14.3 Å². The molecular weight excluding hydrogens is 621 g/mol. The Morgan fingerprint density at radius 1 is 0.700 bits per heavy atom. The van der Waals surface area contributed by atoms with Crippen LogP contribution in [0.25, 0.3) is 0 Å². The Morgan fingerprint density at radius 2 is 1.12 bits per heavy atom. The van der Waals surface area contributed by atoms with Crippen molar-refractivity contribution in [2.45, 2.75) is 51.3 Å². The van der Waals surface area contributed by atoms with Gasteiger partial charge in [0.25, 0.3) is 5.91 Å². The summed E-state index contributed by atoms with van der Waals surface area (Å²) in [7, 11) is 0. The van der Waals surface area contributed by atoms with Gasteiger partial charge in [0.05, 0.1) is 18.8 Å². The predicted octanol–water partition coefficient (Wildman–Crippen LogP) is 4.00. The van der Waals surface area contributed by atoms with E-state index in [9.17, 15) is 9.18 Å². The standard InChI is InChI=1S/C45H32FNO3/c1-7-13-14-15-16-17-18-19-20-21-22-23-24-25-26-27-28-29-30-31-32-33-34-36-44(48)47-42(41(46)12-6)37-49-45-40(11-5)38(9-3)39(10-4)43(50-45)35-8-2/h8-11,38-43,45H,2-5,12,35,37H2,1,6H3,(H,47,48)/t38?,39-,40+,41-,42+,43?,45+/m1/s1. The van der Waals surface area contributed by atoms with Gasteiger partial charge in [0.2, 0.25) is 0 Å². The van der Waals surface area contributed by atoms with E-state index in [1.807, 2.05) is 12.2 Å². The molecule has 0 saturated carbocycles. The number of hydrogen-bond acceptors (Lipinski definition) is 3. The van der Waals surface area contributed by atoms with E-state index in [2.05, 4.69) is 174 Å². The molecule has 0 aliphatic carbocycles. The van der Waals surface area contributed by atoms with Crippen LogP contribution in [0.3, 0.4) is 0 Å². The summed E-state index contributed by atoms with van der Waals surface area (Å²) in [6.07, 6.45) is 5.52. The average Bonchev–Trinajstić information content (AvgIpc) is 3.12. The van der Waals surface area contributed by atoms with Crippen molar-refractivity contribution in [2.24, 2.45) is 17.8 Å². The Balaban J connectivity index is 2.70. The lowest BCUT2D eigenvalue weighted by molar-refractivity contribution is -0.236. The molecule has 1 rings (SSSR count). The highest BCUT2D eigenvalue weighted by Gasteiger charge is 2.42. The molecule has 0 spiro atoms. The van der Waals surface area contributed by atoms with Crippen molar-refractivity contribution in [2.75, 3.05) is 6.61 Å². The zero-order valence-electron chi connectivity index (χ0n) is 27.9. The van der Waals surface area contributed by atoms with Crippen molar-refractivity contribution >= 4 is 5.91 Å². The van der Waals surface area contributed by atoms with Crippen molar-refractivity contribution in [3.05, 3.63) is 50.6 Å². The van der Waals surface area contributed by atoms with Gasteiger partial charge in [-0.05, 0) is 120 Å². The normalized spacial score (nSPS) is 17.9. The monoisotopic (exact) mass is 653 g/mol. The molecule has 1 aliphatic rings. The molecule has 1 N–H and O–H groups in total. The zero-order chi connectivity index (χ0) is 36.7. The van der Waals surface area contributed by atoms with Crippen LogP contribution in [0.5, 0.6) is 0 Å². The molecule has 1 aliphatic heterocycles. The Labute approximate surface area is 297 Å². The maximum atomic E-state index is 14.8. The number of halogens is 1. The molecule has 1 saturated heterocycles. The highest BCUT2D eigenvalue weighted by atomic mass is 19.1. The molecule has 4 nitrogen and oxygen atoms in total. The second-order valence-corrected chi connectivity index (χ2v) is 9.47. The summed E-state index contributed by atoms with van der Waals surface area (Å²) in [4.78, 5) is 12.4. The van der Waals surface area contributed by atoms with Gasteiger partial charge in [0.15, 0.2) is 6.29 Å². The van der Waals surface area contributed by atoms with Gasteiger partial charge in [-0.2, -0.15) is 0 Å². The van der Waals surface area contributed by atoms with Gasteiger partial charge in [-0.15, -0.1) is 26.3 Å². The molecule has 50 heavy (non-hydrogen) atoms. The third-order valence-electron chi connectivity index (χ3n) is 6.35. The lowest BCUT2D eigenvalue weighted by Gasteiger charge is -2.44. The van der Waals surface area contributed by atoms with E-state index in [0.29, 0.717) is 6.42 Å². The number of carbonyl (C=O) groups is 1. The summed E-state index contributed by atoms with van der Waals surface area (Å²) in [5.74, 6) is 58.6. The number of ether oxygens (including phenoxy) is 2. The number of carbonyl (C=O) groups excluding carboxylic acids is 1. The van der Waals surface area contributed by atoms with Crippen LogP contribution in [0, 0.1) is 160 Å². The molecular formula is C45H32FNO3. The van der Waals surface area contributed by atoms with Gasteiger partial charge in [0, 0.05) is 53.3 Å². The highest BCUT2D eigenvalue weighted by Crippen LogP contribution is 2.39. The van der Waals surface area contributed by atoms with E-state index in [-0.39, 0.29) is 36.9 Å². The van der Waals surface area contributed by atoms with E-state index in [4.69, 9.17) is 9.47 Å². The maximum absolute atomic E-state index is 14.8. The number of hydrogen-bond donors (Lipinski definition) is 1. The Morgan fingerprint density at radius 3 is 1.50 bits per heavy atom. The van der Waals surface area contributed by atoms with Crippen molar-refractivity contribution < 1.29 is 18.7 Å². The number of amides is 1. The van der Waals surface area contributed by atoms with Crippen LogP contribution in [0.4, 0.5) is 4.39 Å². The minimum atomic E-state index is -1.38. The van der Waals surface area contributed by atoms with Crippen molar-refractivity contribution in [3.8, 4) is 142 Å². The second kappa shape index (κ2) is 27.1. The van der Waals surface area contributed by atoms with Crippen LogP contribution < -0.4 is 5.32 Å². The number of nitrogens with one attached hydrogen (secondary N) is 1. The van der Waals surface area contributed by atoms with E-state index in [0.717, 1.165) is 0 Å². The molecule has 5 heteroatoms. The van der Waals surface area contributed by atoms with E-state index < -0.39 is 24.4 Å². The summed E-state index contributed by atoms with van der Waals surface area (Å²) in [5, 5.41) is 2.56. The van der Waals surface area contributed by atoms with Gasteiger partial charge in [-0.3, -0.25) is 4.79 Å². The maximum Gasteiger partial charge on any atom is 0.297 e. The largest absolute Gasteiger partial charge is 0.350 e. The first-order valence-corrected chi connectivity index (χ1v) is 15.1. The van der Waals surface area contributed by atoms with E-state index in [1.54, 1.807) is 26.0 Å². The Bertz CT molecular complexity index is 2070. The van der Waals surface area contributed by atoms with Crippen LogP contribution in [0.15, 0.2) is 50.6 Å². The van der Waals surface area contributed by atoms with Crippen molar-refractivity contribution in [1.29, 1.82) is 0 Å². The minimum absolute atomic E-state index is 0.0225. The minimum Gasteiger partial charge on any atom is -0.350 e. The molecule has 0 bridgehead atoms. The molecule has 1 heterocycles. The molecule has 7 atom stereocenters. The first-order valence-electron chi connectivity index (χ1n) is 15.1. The first-order chi connectivity index (χ1) is 24.5. The Hall–Kier alpha value is -7.00. The fourth-order valence-corrected chi connectivity index (χ4v) is 4.16. The van der Waals surface area contributed by atoms with Crippen molar-refractivity contribution in [1.82, 2.24) is 5.32 Å². The second-order valence-electron chi connectivity index (χ2n) is 9.47. The summed E-state index contributed by atoms with van der Waals surface area (Å²) in [5.41, 5.74) is 0. The van der Waals surface area contributed by atoms with Gasteiger partial charge in [-0.1, -0.05) is 37.1 Å². The van der Waals surface area contributed by atoms with Gasteiger partial charge in [-0.25, -0.2) is 4.39 Å². The quantitative estimate of drug-likeness (QED) is 0.271. The number of rotatable bonds is 11. The zero-order valence-corrected chi connectivity index (χ0v) is 27.9. The Kier molecular flexibility index (Phi) is 22.3. The van der Waals surface area contributed by atoms with E-state index in [1.165, 1.54) is 0 Å². The molecule has 1 fully saturated rings. The van der Waals surface area contributed by atoms with Crippen LogP contribution in [0.1, 0.15) is 26.7 Å². The SMILES string of the molecule is C=CCC1O[C@H](OC[C@H](NC(=O)C#CC#CC#CC#CC#CC#CC#CC#CC#CC#CC#CC#CC)[C@H](F)CC)[C@@H](C=C)C(C=C)[C@H]1C=C. The number of allylic oxidation sites excluding steroid dienone is 1. The lowest BCUT2D eigenvalue weighted by Crippen LogP contribution is -2.50. The summed E-state index contributed by atoms with van der Waals surface area (Å²) < 4.78 is 27.0. The third-order valence-corrected chi connectivity index (χ3v) is 6.35. The van der Waals surface area contributed by atoms with Crippen molar-refractivity contribution in [3.63, 3.8) is 0 Å². The fraction of sp³-hybridized carbons (Fsp3) is 0.267. The smallest absolute Gasteiger partial charge is 0.297 e. The van der Waals surface area contributed by atoms with Gasteiger partial charge >= 0.3 is 0 Å². The molecule has 0 aromatic heterocycles. The molecule has 2 unspecified atom stereocenters. The van der Waals surface area contributed by atoms with Gasteiger partial charge < -0.3 is 14.8 Å². The third kappa shape index (κ3) is 17.1. The van der Waals surface area contributed by atoms with Gasteiger partial charge in [0.1, 0.15) is 6.17 Å². The fourth-order valence-electron chi connectivity index (χ4n) is 4.16. The first kappa shape index (κ1) is 41.0. The molecule has 242 valence electrons. The topological polar surface area (TPSA) is 47.6 Å². The van der Waals surface area contributed by atoms with Crippen LogP contribution >= 0.6 is 0 Å². The summed E-state index contributed by atoms with van der Waals surface area (Å²) in [6, 6.07) is -0.967. The number of alkyl halides is 1. The average molecular weight is 654 g/mol. The van der Waals surface area contributed by atoms with Crippen LogP contribution in [0.2, 0.25) is 0 Å². The molecule has 0 aromatic carbocycles. The highest BCUT2D eigenvalue weighted by molar-refractivity contribution is 5.94. The van der Waals surface area contributed by atoms with E-state index >= 15 is 0 Å². The van der Waals surface area contributed by atoms with Crippen LogP contribution in [-0.4, -0.2) is 37.1 Å². The predicted molar refractivity (Wildman–Crippen MR) is 197 cm³/mol. The lowest BCUT2D eigenvalue weighted by atomic mass is 9.75. The molecule has 1 amide bonds. The summed E-state index contributed by atoms with van der Waals surface area (Å²) in [6.45, 7) is 18.8.